The normalized spacial score (nSPS) is 11.9. The van der Waals surface area contributed by atoms with Gasteiger partial charge in [-0.05, 0) is 24.3 Å². The first-order valence-electron chi connectivity index (χ1n) is 9.08. The molecule has 0 unspecified atom stereocenters. The second-order valence-corrected chi connectivity index (χ2v) is 6.12. The summed E-state index contributed by atoms with van der Waals surface area (Å²) in [5, 5.41) is 3.04. The number of ether oxygens (including phenoxy) is 2. The summed E-state index contributed by atoms with van der Waals surface area (Å²) in [5.74, 6) is 0.202. The van der Waals surface area contributed by atoms with Crippen molar-refractivity contribution in [3.8, 4) is 22.6 Å². The Morgan fingerprint density at radius 1 is 1.10 bits per heavy atom. The Kier molecular flexibility index (Phi) is 6.61. The van der Waals surface area contributed by atoms with Gasteiger partial charge < -0.3 is 14.8 Å². The molecular formula is C21H19ClFN3O3. The van der Waals surface area contributed by atoms with Gasteiger partial charge in [0.2, 0.25) is 0 Å². The van der Waals surface area contributed by atoms with Gasteiger partial charge in [-0.2, -0.15) is 0 Å². The molecule has 1 N–H and O–H groups in total. The number of hydrogen-bond donors (Lipinski definition) is 1. The lowest BCUT2D eigenvalue weighted by atomic mass is 10.1. The minimum absolute atomic E-state index is 0.106. The summed E-state index contributed by atoms with van der Waals surface area (Å²) in [7, 11) is 0. The number of carbonyl (C=O) groups excluding carboxylic acids is 1. The molecule has 3 heterocycles. The first-order valence-corrected chi connectivity index (χ1v) is 9.46. The fourth-order valence-corrected chi connectivity index (χ4v) is 2.92. The third-order valence-electron chi connectivity index (χ3n) is 3.97. The number of hydrogen-bond acceptors (Lipinski definition) is 5. The van der Waals surface area contributed by atoms with Crippen LogP contribution in [0, 0.1) is 5.82 Å². The van der Waals surface area contributed by atoms with Gasteiger partial charge in [0.25, 0.3) is 5.91 Å². The number of rotatable bonds is 3. The lowest BCUT2D eigenvalue weighted by molar-refractivity contribution is 0.102. The molecule has 0 aliphatic carbocycles. The van der Waals surface area contributed by atoms with Crippen LogP contribution in [-0.2, 0) is 0 Å². The summed E-state index contributed by atoms with van der Waals surface area (Å²) in [6.07, 6.45) is 3.89. The smallest absolute Gasteiger partial charge is 0.259 e. The van der Waals surface area contributed by atoms with E-state index in [1.807, 2.05) is 13.8 Å². The first kappa shape index (κ1) is 20.5. The van der Waals surface area contributed by atoms with E-state index in [4.69, 9.17) is 21.1 Å². The number of nitrogens with zero attached hydrogens (tertiary/aromatic N) is 2. The van der Waals surface area contributed by atoms with Crippen molar-refractivity contribution in [1.29, 1.82) is 0 Å². The van der Waals surface area contributed by atoms with E-state index < -0.39 is 11.7 Å². The number of carbonyl (C=O) groups is 1. The maximum atomic E-state index is 13.6. The SMILES string of the molecule is CC.O=C(Nc1ccc(-c2cc3c(cc2Cl)OCCO3)cn1)c1ccncc1F. The third-order valence-corrected chi connectivity index (χ3v) is 4.28. The van der Waals surface area contributed by atoms with Gasteiger partial charge in [-0.1, -0.05) is 25.4 Å². The van der Waals surface area contributed by atoms with Crippen molar-refractivity contribution in [3.05, 3.63) is 65.3 Å². The highest BCUT2D eigenvalue weighted by Crippen LogP contribution is 2.39. The van der Waals surface area contributed by atoms with Crippen LogP contribution in [0.5, 0.6) is 11.5 Å². The first-order chi connectivity index (χ1) is 14.1. The van der Waals surface area contributed by atoms with Gasteiger partial charge in [0.1, 0.15) is 19.0 Å². The molecule has 1 aliphatic heterocycles. The highest BCUT2D eigenvalue weighted by atomic mass is 35.5. The van der Waals surface area contributed by atoms with Crippen molar-refractivity contribution in [3.63, 3.8) is 0 Å². The third kappa shape index (κ3) is 4.63. The van der Waals surface area contributed by atoms with Crippen molar-refractivity contribution in [2.45, 2.75) is 13.8 Å². The molecule has 0 atom stereocenters. The number of benzene rings is 1. The summed E-state index contributed by atoms with van der Waals surface area (Å²) in [5.41, 5.74) is 1.36. The molecule has 4 rings (SSSR count). The van der Waals surface area contributed by atoms with Crippen LogP contribution in [0.3, 0.4) is 0 Å². The van der Waals surface area contributed by atoms with E-state index in [-0.39, 0.29) is 11.4 Å². The Morgan fingerprint density at radius 2 is 1.83 bits per heavy atom. The fourth-order valence-electron chi connectivity index (χ4n) is 2.66. The summed E-state index contributed by atoms with van der Waals surface area (Å²) in [6.45, 7) is 4.96. The molecule has 0 fully saturated rings. The minimum atomic E-state index is -0.699. The van der Waals surface area contributed by atoms with Gasteiger partial charge in [0.05, 0.1) is 16.8 Å². The maximum Gasteiger partial charge on any atom is 0.259 e. The zero-order valence-corrected chi connectivity index (χ0v) is 16.7. The molecule has 8 heteroatoms. The second-order valence-electron chi connectivity index (χ2n) is 5.72. The van der Waals surface area contributed by atoms with Crippen molar-refractivity contribution in [2.24, 2.45) is 0 Å². The number of aromatic nitrogens is 2. The van der Waals surface area contributed by atoms with E-state index in [1.165, 1.54) is 12.3 Å². The molecule has 1 aliphatic rings. The molecule has 150 valence electrons. The van der Waals surface area contributed by atoms with Crippen LogP contribution in [0.1, 0.15) is 24.2 Å². The van der Waals surface area contributed by atoms with Gasteiger partial charge in [-0.3, -0.25) is 9.78 Å². The maximum absolute atomic E-state index is 13.6. The van der Waals surface area contributed by atoms with Gasteiger partial charge in [-0.25, -0.2) is 9.37 Å². The van der Waals surface area contributed by atoms with E-state index in [2.05, 4.69) is 15.3 Å². The summed E-state index contributed by atoms with van der Waals surface area (Å²) < 4.78 is 24.7. The van der Waals surface area contributed by atoms with Gasteiger partial charge in [-0.15, -0.1) is 0 Å². The highest BCUT2D eigenvalue weighted by molar-refractivity contribution is 6.33. The largest absolute Gasteiger partial charge is 0.486 e. The molecule has 3 aromatic rings. The van der Waals surface area contributed by atoms with Crippen molar-refractivity contribution < 1.29 is 18.7 Å². The Hall–Kier alpha value is -3.19. The Balaban J connectivity index is 0.00000117. The molecule has 0 radical (unpaired) electrons. The van der Waals surface area contributed by atoms with Gasteiger partial charge in [0.15, 0.2) is 17.3 Å². The van der Waals surface area contributed by atoms with E-state index in [0.29, 0.717) is 29.7 Å². The van der Waals surface area contributed by atoms with E-state index in [0.717, 1.165) is 17.3 Å². The van der Waals surface area contributed by atoms with Crippen LogP contribution in [0.4, 0.5) is 10.2 Å². The van der Waals surface area contributed by atoms with Crippen LogP contribution in [-0.4, -0.2) is 29.1 Å². The van der Waals surface area contributed by atoms with Crippen LogP contribution >= 0.6 is 11.6 Å². The lowest BCUT2D eigenvalue weighted by Gasteiger charge is -2.19. The number of anilines is 1. The van der Waals surface area contributed by atoms with E-state index in [1.54, 1.807) is 30.5 Å². The topological polar surface area (TPSA) is 73.3 Å². The average molecular weight is 416 g/mol. The highest BCUT2D eigenvalue weighted by Gasteiger charge is 2.17. The lowest BCUT2D eigenvalue weighted by Crippen LogP contribution is -2.15. The predicted molar refractivity (Wildman–Crippen MR) is 109 cm³/mol. The van der Waals surface area contributed by atoms with Crippen LogP contribution in [0.15, 0.2) is 48.9 Å². The molecule has 1 aromatic carbocycles. The number of nitrogens with one attached hydrogen (secondary N) is 1. The van der Waals surface area contributed by atoms with Crippen LogP contribution in [0.25, 0.3) is 11.1 Å². The molecule has 0 spiro atoms. The molecule has 6 nitrogen and oxygen atoms in total. The Labute approximate surface area is 172 Å². The minimum Gasteiger partial charge on any atom is -0.486 e. The summed E-state index contributed by atoms with van der Waals surface area (Å²) >= 11 is 6.34. The Bertz CT molecular complexity index is 1010. The molecule has 0 bridgehead atoms. The van der Waals surface area contributed by atoms with Gasteiger partial charge in [0, 0.05) is 29.6 Å². The number of amides is 1. The van der Waals surface area contributed by atoms with Crippen molar-refractivity contribution in [1.82, 2.24) is 9.97 Å². The fraction of sp³-hybridized carbons (Fsp3) is 0.190. The monoisotopic (exact) mass is 415 g/mol. The molecule has 2 aromatic heterocycles. The van der Waals surface area contributed by atoms with Gasteiger partial charge >= 0.3 is 0 Å². The number of halogens is 2. The second kappa shape index (κ2) is 9.34. The zero-order chi connectivity index (χ0) is 20.8. The molecule has 1 amide bonds. The van der Waals surface area contributed by atoms with Crippen LogP contribution < -0.4 is 14.8 Å². The number of fused-ring (bicyclic) bond motifs is 1. The standard InChI is InChI=1S/C19H13ClFN3O3.C2H6/c20-14-8-17-16(26-5-6-27-17)7-13(14)11-1-2-18(23-9-11)24-19(25)12-3-4-22-10-15(12)21;1-2/h1-4,7-10H,5-6H2,(H,23,24,25);1-2H3. The number of pyridine rings is 2. The van der Waals surface area contributed by atoms with Crippen LogP contribution in [0.2, 0.25) is 5.02 Å². The summed E-state index contributed by atoms with van der Waals surface area (Å²) in [6, 6.07) is 8.15. The predicted octanol–water partition coefficient (Wildman–Crippen LogP) is 4.99. The van der Waals surface area contributed by atoms with Crippen molar-refractivity contribution in [2.75, 3.05) is 18.5 Å². The van der Waals surface area contributed by atoms with E-state index >= 15 is 0 Å². The molecular weight excluding hydrogens is 397 g/mol. The summed E-state index contributed by atoms with van der Waals surface area (Å²) in [4.78, 5) is 20.0. The molecule has 0 saturated heterocycles. The Morgan fingerprint density at radius 3 is 2.48 bits per heavy atom. The molecule has 29 heavy (non-hydrogen) atoms. The van der Waals surface area contributed by atoms with Crippen molar-refractivity contribution >= 4 is 23.3 Å². The quantitative estimate of drug-likeness (QED) is 0.652. The zero-order valence-electron chi connectivity index (χ0n) is 15.9. The molecule has 0 saturated carbocycles. The van der Waals surface area contributed by atoms with E-state index in [9.17, 15) is 9.18 Å². The average Bonchev–Trinajstić information content (AvgIpc) is 2.75.